The number of aromatic carboxylic acids is 1. The molecule has 1 aliphatic carbocycles. The summed E-state index contributed by atoms with van der Waals surface area (Å²) in [7, 11) is 1.47. The minimum atomic E-state index is -1.22. The Kier molecular flexibility index (Phi) is 6.34. The lowest BCUT2D eigenvalue weighted by atomic mass is 9.86. The van der Waals surface area contributed by atoms with Gasteiger partial charge in [0.1, 0.15) is 12.6 Å². The maximum Gasteiger partial charge on any atom is 0.407 e. The number of aryl methyl sites for hydroxylation is 1. The smallest absolute Gasteiger partial charge is 0.407 e. The van der Waals surface area contributed by atoms with Crippen LogP contribution in [-0.2, 0) is 16.6 Å². The average Bonchev–Trinajstić information content (AvgIpc) is 3.32. The number of alkyl carbamates (subject to hydrolysis) is 1. The Bertz CT molecular complexity index is 1250. The molecule has 182 valence electrons. The van der Waals surface area contributed by atoms with Crippen molar-refractivity contribution >= 4 is 23.7 Å². The predicted octanol–water partition coefficient (Wildman–Crippen LogP) is 4.01. The summed E-state index contributed by atoms with van der Waals surface area (Å²) in [5, 5.41) is 18.5. The number of rotatable bonds is 6. The molecule has 0 radical (unpaired) electrons. The Labute approximate surface area is 203 Å². The molecule has 1 aliphatic rings. The van der Waals surface area contributed by atoms with Crippen molar-refractivity contribution in [1.82, 2.24) is 15.1 Å². The molecule has 1 aromatic heterocycles. The van der Waals surface area contributed by atoms with Gasteiger partial charge in [-0.3, -0.25) is 9.48 Å². The number of nitrogens with one attached hydrogen (secondary N) is 2. The van der Waals surface area contributed by atoms with E-state index in [1.54, 1.807) is 20.8 Å². The van der Waals surface area contributed by atoms with Crippen LogP contribution in [-0.4, -0.2) is 45.5 Å². The number of aromatic nitrogens is 2. The fourth-order valence-corrected chi connectivity index (χ4v) is 4.42. The quantitative estimate of drug-likeness (QED) is 0.494. The highest BCUT2D eigenvalue weighted by Gasteiger charge is 2.35. The topological polar surface area (TPSA) is 123 Å². The summed E-state index contributed by atoms with van der Waals surface area (Å²) in [6, 6.07) is 15.1. The number of benzene rings is 2. The zero-order valence-corrected chi connectivity index (χ0v) is 20.0. The van der Waals surface area contributed by atoms with Gasteiger partial charge in [0.25, 0.3) is 0 Å². The lowest BCUT2D eigenvalue weighted by Gasteiger charge is -2.30. The van der Waals surface area contributed by atoms with Gasteiger partial charge in [-0.2, -0.15) is 5.10 Å². The third kappa shape index (κ3) is 4.75. The average molecular weight is 477 g/mol. The van der Waals surface area contributed by atoms with E-state index in [-0.39, 0.29) is 23.9 Å². The standard InChI is InChI=1S/C26H28N4O5/c1-26(2,3)22(23(31)28-20-13-27-30(4)21(20)24(32)33)29-25(34)35-14-19-17-11-7-5-9-15(17)16-10-6-8-12-18(16)19/h5-13,19,22H,14H2,1-4H3,(H,28,31)(H,29,34)(H,32,33)/t22-/m0/s1. The molecule has 0 saturated carbocycles. The van der Waals surface area contributed by atoms with Gasteiger partial charge in [0.15, 0.2) is 5.69 Å². The number of hydrogen-bond donors (Lipinski definition) is 3. The van der Waals surface area contributed by atoms with Crippen molar-refractivity contribution in [1.29, 1.82) is 0 Å². The minimum absolute atomic E-state index is 0.0496. The summed E-state index contributed by atoms with van der Waals surface area (Å²) in [6.45, 7) is 5.50. The van der Waals surface area contributed by atoms with E-state index in [0.717, 1.165) is 26.9 Å². The molecule has 0 saturated heterocycles. The Hall–Kier alpha value is -4.14. The van der Waals surface area contributed by atoms with Gasteiger partial charge in [-0.1, -0.05) is 69.3 Å². The summed E-state index contributed by atoms with van der Waals surface area (Å²) >= 11 is 0. The molecule has 2 aromatic carbocycles. The third-order valence-electron chi connectivity index (χ3n) is 6.13. The van der Waals surface area contributed by atoms with Crippen LogP contribution in [0, 0.1) is 5.41 Å². The van der Waals surface area contributed by atoms with Crippen LogP contribution in [0.4, 0.5) is 10.5 Å². The zero-order chi connectivity index (χ0) is 25.3. The first-order valence-electron chi connectivity index (χ1n) is 11.3. The predicted molar refractivity (Wildman–Crippen MR) is 130 cm³/mol. The van der Waals surface area contributed by atoms with Crippen LogP contribution in [0.5, 0.6) is 0 Å². The largest absolute Gasteiger partial charge is 0.476 e. The Balaban J connectivity index is 1.47. The summed E-state index contributed by atoms with van der Waals surface area (Å²) in [4.78, 5) is 37.4. The van der Waals surface area contributed by atoms with E-state index in [1.807, 2.05) is 36.4 Å². The van der Waals surface area contributed by atoms with E-state index >= 15 is 0 Å². The maximum atomic E-state index is 13.1. The molecule has 0 aliphatic heterocycles. The number of carbonyl (C=O) groups excluding carboxylic acids is 2. The number of fused-ring (bicyclic) bond motifs is 3. The van der Waals surface area contributed by atoms with Crippen molar-refractivity contribution in [3.63, 3.8) is 0 Å². The van der Waals surface area contributed by atoms with Crippen LogP contribution in [0.3, 0.4) is 0 Å². The second kappa shape index (κ2) is 9.25. The molecule has 0 spiro atoms. The van der Waals surface area contributed by atoms with Crippen molar-refractivity contribution < 1.29 is 24.2 Å². The number of carboxylic acid groups (broad SMARTS) is 1. The number of anilines is 1. The molecule has 3 N–H and O–H groups in total. The molecular weight excluding hydrogens is 448 g/mol. The van der Waals surface area contributed by atoms with Gasteiger partial charge in [0, 0.05) is 13.0 Å². The van der Waals surface area contributed by atoms with Gasteiger partial charge in [-0.15, -0.1) is 0 Å². The Morgan fingerprint density at radius 1 is 1.06 bits per heavy atom. The van der Waals surface area contributed by atoms with Crippen molar-refractivity contribution in [2.45, 2.75) is 32.7 Å². The summed E-state index contributed by atoms with van der Waals surface area (Å²) < 4.78 is 6.75. The molecule has 35 heavy (non-hydrogen) atoms. The summed E-state index contributed by atoms with van der Waals surface area (Å²) in [5.41, 5.74) is 3.63. The molecular formula is C26H28N4O5. The van der Waals surface area contributed by atoms with Crippen molar-refractivity contribution in [2.75, 3.05) is 11.9 Å². The van der Waals surface area contributed by atoms with E-state index in [2.05, 4.69) is 27.9 Å². The Morgan fingerprint density at radius 3 is 2.17 bits per heavy atom. The number of nitrogens with zero attached hydrogens (tertiary/aromatic N) is 2. The van der Waals surface area contributed by atoms with Crippen molar-refractivity contribution in [2.24, 2.45) is 12.5 Å². The lowest BCUT2D eigenvalue weighted by Crippen LogP contribution is -2.51. The molecule has 2 amide bonds. The minimum Gasteiger partial charge on any atom is -0.476 e. The van der Waals surface area contributed by atoms with E-state index in [9.17, 15) is 19.5 Å². The molecule has 0 bridgehead atoms. The van der Waals surface area contributed by atoms with Crippen molar-refractivity contribution in [3.8, 4) is 11.1 Å². The van der Waals surface area contributed by atoms with E-state index in [1.165, 1.54) is 13.2 Å². The molecule has 4 rings (SSSR count). The highest BCUT2D eigenvalue weighted by Crippen LogP contribution is 2.44. The highest BCUT2D eigenvalue weighted by molar-refractivity contribution is 6.02. The molecule has 1 heterocycles. The molecule has 9 nitrogen and oxygen atoms in total. The van der Waals surface area contributed by atoms with Gasteiger partial charge in [0.05, 0.1) is 11.9 Å². The third-order valence-corrected chi connectivity index (χ3v) is 6.13. The highest BCUT2D eigenvalue weighted by atomic mass is 16.5. The summed E-state index contributed by atoms with van der Waals surface area (Å²) in [5.74, 6) is -1.90. The van der Waals surface area contributed by atoms with E-state index in [0.29, 0.717) is 0 Å². The van der Waals surface area contributed by atoms with Gasteiger partial charge in [-0.05, 0) is 27.7 Å². The van der Waals surface area contributed by atoms with Crippen LogP contribution in [0.2, 0.25) is 0 Å². The monoisotopic (exact) mass is 476 g/mol. The second-order valence-corrected chi connectivity index (χ2v) is 9.59. The molecule has 0 fully saturated rings. The fraction of sp³-hybridized carbons (Fsp3) is 0.308. The number of hydrogen-bond acceptors (Lipinski definition) is 5. The number of carbonyl (C=O) groups is 3. The van der Waals surface area contributed by atoms with Crippen LogP contribution in [0.1, 0.15) is 48.3 Å². The molecule has 1 atom stereocenters. The van der Waals surface area contributed by atoms with Crippen LogP contribution >= 0.6 is 0 Å². The van der Waals surface area contributed by atoms with E-state index in [4.69, 9.17) is 4.74 Å². The van der Waals surface area contributed by atoms with Crippen LogP contribution in [0.15, 0.2) is 54.7 Å². The lowest BCUT2D eigenvalue weighted by molar-refractivity contribution is -0.120. The van der Waals surface area contributed by atoms with Gasteiger partial charge >= 0.3 is 12.1 Å². The van der Waals surface area contributed by atoms with Crippen LogP contribution < -0.4 is 10.6 Å². The first kappa shape index (κ1) is 24.0. The van der Waals surface area contributed by atoms with Gasteiger partial charge in [-0.25, -0.2) is 9.59 Å². The number of ether oxygens (including phenoxy) is 1. The Morgan fingerprint density at radius 2 is 1.63 bits per heavy atom. The normalized spacial score (nSPS) is 13.5. The molecule has 3 aromatic rings. The first-order valence-corrected chi connectivity index (χ1v) is 11.3. The van der Waals surface area contributed by atoms with Crippen molar-refractivity contribution in [3.05, 3.63) is 71.5 Å². The van der Waals surface area contributed by atoms with E-state index < -0.39 is 29.4 Å². The number of carboxylic acids is 1. The second-order valence-electron chi connectivity index (χ2n) is 9.59. The van der Waals surface area contributed by atoms with Crippen LogP contribution in [0.25, 0.3) is 11.1 Å². The fourth-order valence-electron chi connectivity index (χ4n) is 4.42. The zero-order valence-electron chi connectivity index (χ0n) is 20.0. The van der Waals surface area contributed by atoms with Gasteiger partial charge in [0.2, 0.25) is 5.91 Å². The summed E-state index contributed by atoms with van der Waals surface area (Å²) in [6.07, 6.45) is 0.528. The SMILES string of the molecule is Cn1ncc(NC(=O)[C@H](NC(=O)OCC2c3ccccc3-c3ccccc32)C(C)(C)C)c1C(=O)O. The molecule has 9 heteroatoms. The first-order chi connectivity index (χ1) is 16.6. The number of amides is 2. The molecule has 0 unspecified atom stereocenters. The van der Waals surface area contributed by atoms with Gasteiger partial charge < -0.3 is 20.5 Å². The maximum absolute atomic E-state index is 13.1.